The molecule has 0 saturated heterocycles. The smallest absolute Gasteiger partial charge is 0.320 e. The van der Waals surface area contributed by atoms with Gasteiger partial charge in [-0.2, -0.15) is 0 Å². The lowest BCUT2D eigenvalue weighted by molar-refractivity contribution is -0.139. The van der Waals surface area contributed by atoms with Crippen molar-refractivity contribution in [2.45, 2.75) is 38.8 Å². The number of aliphatic carboxylic acids is 1. The van der Waals surface area contributed by atoms with Gasteiger partial charge >= 0.3 is 5.97 Å². The summed E-state index contributed by atoms with van der Waals surface area (Å²) >= 11 is 4.64. The molecule has 0 spiro atoms. The van der Waals surface area contributed by atoms with Crippen LogP contribution in [-0.2, 0) is 16.1 Å². The van der Waals surface area contributed by atoms with Crippen molar-refractivity contribution in [3.8, 4) is 0 Å². The van der Waals surface area contributed by atoms with Crippen LogP contribution in [0.4, 0.5) is 0 Å². The van der Waals surface area contributed by atoms with E-state index in [1.807, 2.05) is 30.3 Å². The Kier molecular flexibility index (Phi) is 11.5. The quantitative estimate of drug-likeness (QED) is 0.505. The summed E-state index contributed by atoms with van der Waals surface area (Å²) in [5.41, 5.74) is 6.48. The van der Waals surface area contributed by atoms with Gasteiger partial charge in [-0.15, -0.1) is 0 Å². The Labute approximate surface area is 130 Å². The van der Waals surface area contributed by atoms with Crippen LogP contribution in [0.2, 0.25) is 0 Å². The first-order chi connectivity index (χ1) is 9.97. The first kappa shape index (κ1) is 19.6. The average molecular weight is 315 g/mol. The second-order valence-electron chi connectivity index (χ2n) is 4.51. The molecule has 0 radical (unpaired) electrons. The van der Waals surface area contributed by atoms with Crippen LogP contribution in [0.5, 0.6) is 0 Å². The second-order valence-corrected chi connectivity index (χ2v) is 5.04. The number of hydrogen-bond donors (Lipinski definition) is 3. The molecule has 6 heteroatoms. The molecule has 0 aromatic heterocycles. The summed E-state index contributed by atoms with van der Waals surface area (Å²) < 4.78 is 0. The number of hydrogen-bond acceptors (Lipinski definition) is 4. The van der Waals surface area contributed by atoms with E-state index in [1.54, 1.807) is 0 Å². The molecule has 0 heterocycles. The molecular weight excluding hydrogens is 292 g/mol. The largest absolute Gasteiger partial charge is 0.480 e. The minimum absolute atomic E-state index is 0.361. The van der Waals surface area contributed by atoms with Crippen molar-refractivity contribution in [1.82, 2.24) is 5.32 Å². The van der Waals surface area contributed by atoms with Crippen molar-refractivity contribution in [3.63, 3.8) is 0 Å². The molecule has 0 saturated carbocycles. The topological polar surface area (TPSA) is 92.4 Å². The number of carboxylic acid groups (broad SMARTS) is 1. The van der Waals surface area contributed by atoms with Crippen LogP contribution in [0.15, 0.2) is 30.3 Å². The molecule has 0 bridgehead atoms. The molecule has 0 amide bonds. The summed E-state index contributed by atoms with van der Waals surface area (Å²) in [4.78, 5) is 20.2. The van der Waals surface area contributed by atoms with Crippen molar-refractivity contribution in [2.75, 3.05) is 6.54 Å². The minimum atomic E-state index is -0.794. The van der Waals surface area contributed by atoms with Crippen LogP contribution in [0.25, 0.3) is 0 Å². The maximum atomic E-state index is 11.0. The van der Waals surface area contributed by atoms with Crippen LogP contribution in [-0.4, -0.2) is 28.9 Å². The first-order valence-electron chi connectivity index (χ1n) is 6.83. The van der Waals surface area contributed by atoms with Crippen molar-refractivity contribution >= 4 is 22.8 Å². The van der Waals surface area contributed by atoms with Gasteiger partial charge in [-0.1, -0.05) is 36.8 Å². The molecular formula is C15H23ClN2O3. The Hall–Kier alpha value is -1.43. The Morgan fingerprint density at radius 1 is 1.29 bits per heavy atom. The third-order valence-electron chi connectivity index (χ3n) is 2.64. The van der Waals surface area contributed by atoms with Gasteiger partial charge in [0.15, 0.2) is 0 Å². The van der Waals surface area contributed by atoms with E-state index in [1.165, 1.54) is 6.92 Å². The summed E-state index contributed by atoms with van der Waals surface area (Å²) in [5, 5.41) is 11.7. The maximum absolute atomic E-state index is 11.0. The van der Waals surface area contributed by atoms with Crippen LogP contribution in [0.1, 0.15) is 31.7 Å². The number of rotatable bonds is 8. The molecule has 1 aromatic carbocycles. The molecule has 1 unspecified atom stereocenters. The highest BCUT2D eigenvalue weighted by Crippen LogP contribution is 2.03. The van der Waals surface area contributed by atoms with Gasteiger partial charge in [0.25, 0.3) is 0 Å². The Morgan fingerprint density at radius 3 is 2.33 bits per heavy atom. The summed E-state index contributed by atoms with van der Waals surface area (Å²) in [6.45, 7) is 2.49. The number of carbonyl (C=O) groups is 2. The van der Waals surface area contributed by atoms with E-state index >= 15 is 0 Å². The van der Waals surface area contributed by atoms with E-state index < -0.39 is 12.0 Å². The van der Waals surface area contributed by atoms with E-state index in [9.17, 15) is 9.59 Å². The molecule has 118 valence electrons. The average Bonchev–Trinajstić information content (AvgIpc) is 2.43. The molecule has 21 heavy (non-hydrogen) atoms. The first-order valence-corrected chi connectivity index (χ1v) is 7.21. The van der Waals surface area contributed by atoms with E-state index in [4.69, 9.17) is 10.8 Å². The lowest BCUT2D eigenvalue weighted by Gasteiger charge is -2.14. The molecule has 0 aliphatic carbocycles. The van der Waals surface area contributed by atoms with Gasteiger partial charge in [0, 0.05) is 13.5 Å². The standard InChI is InChI=1S/C13H20N2O2.C2H3ClO/c14-9-5-4-8-12(13(16)17)15-10-11-6-2-1-3-7-11;1-2(3)4/h1-3,6-7,12,15H,4-5,8-10,14H2,(H,16,17);1H3. The minimum Gasteiger partial charge on any atom is -0.480 e. The van der Waals surface area contributed by atoms with Crippen LogP contribution in [0.3, 0.4) is 0 Å². The van der Waals surface area contributed by atoms with E-state index in [0.717, 1.165) is 18.4 Å². The number of carboxylic acids is 1. The summed E-state index contributed by atoms with van der Waals surface area (Å²) in [7, 11) is 0. The van der Waals surface area contributed by atoms with Crippen molar-refractivity contribution in [3.05, 3.63) is 35.9 Å². The van der Waals surface area contributed by atoms with Gasteiger partial charge in [-0.05, 0) is 36.6 Å². The Morgan fingerprint density at radius 2 is 1.86 bits per heavy atom. The second kappa shape index (κ2) is 12.3. The highest BCUT2D eigenvalue weighted by molar-refractivity contribution is 6.62. The summed E-state index contributed by atoms with van der Waals surface area (Å²) in [6, 6.07) is 9.31. The number of nitrogens with two attached hydrogens (primary N) is 1. The van der Waals surface area contributed by atoms with Crippen molar-refractivity contribution in [1.29, 1.82) is 0 Å². The van der Waals surface area contributed by atoms with Crippen molar-refractivity contribution in [2.24, 2.45) is 5.73 Å². The van der Waals surface area contributed by atoms with E-state index in [2.05, 4.69) is 16.9 Å². The number of halogens is 1. The highest BCUT2D eigenvalue weighted by atomic mass is 35.5. The lowest BCUT2D eigenvalue weighted by Crippen LogP contribution is -2.36. The fourth-order valence-corrected chi connectivity index (χ4v) is 1.64. The van der Waals surface area contributed by atoms with Gasteiger partial charge in [0.2, 0.25) is 5.24 Å². The molecule has 0 aliphatic rings. The number of carbonyl (C=O) groups excluding carboxylic acids is 1. The van der Waals surface area contributed by atoms with Crippen LogP contribution in [0, 0.1) is 0 Å². The fourth-order valence-electron chi connectivity index (χ4n) is 1.64. The Balaban J connectivity index is 0.000000885. The van der Waals surface area contributed by atoms with E-state index in [0.29, 0.717) is 19.5 Å². The summed E-state index contributed by atoms with van der Waals surface area (Å²) in [5.74, 6) is -0.794. The molecule has 4 N–H and O–H groups in total. The fraction of sp³-hybridized carbons (Fsp3) is 0.467. The van der Waals surface area contributed by atoms with Gasteiger partial charge in [0.1, 0.15) is 6.04 Å². The lowest BCUT2D eigenvalue weighted by atomic mass is 10.1. The molecule has 1 rings (SSSR count). The van der Waals surface area contributed by atoms with Gasteiger partial charge < -0.3 is 16.2 Å². The number of nitrogens with one attached hydrogen (secondary N) is 1. The SMILES string of the molecule is CC(=O)Cl.NCCCCC(NCc1ccccc1)C(=O)O. The monoisotopic (exact) mass is 314 g/mol. The zero-order valence-electron chi connectivity index (χ0n) is 12.2. The van der Waals surface area contributed by atoms with Gasteiger partial charge in [-0.3, -0.25) is 9.59 Å². The van der Waals surface area contributed by atoms with Crippen LogP contribution >= 0.6 is 11.6 Å². The summed E-state index contributed by atoms with van der Waals surface area (Å²) in [6.07, 6.45) is 2.34. The van der Waals surface area contributed by atoms with Crippen molar-refractivity contribution < 1.29 is 14.7 Å². The Bertz CT molecular complexity index is 409. The van der Waals surface area contributed by atoms with Gasteiger partial charge in [-0.25, -0.2) is 0 Å². The van der Waals surface area contributed by atoms with Gasteiger partial charge in [0.05, 0.1) is 0 Å². The van der Waals surface area contributed by atoms with E-state index in [-0.39, 0.29) is 5.24 Å². The molecule has 1 aromatic rings. The zero-order chi connectivity index (χ0) is 16.1. The normalized spacial score (nSPS) is 11.2. The molecule has 1 atom stereocenters. The van der Waals surface area contributed by atoms with Crippen LogP contribution < -0.4 is 11.1 Å². The molecule has 0 fully saturated rings. The number of benzene rings is 1. The maximum Gasteiger partial charge on any atom is 0.320 e. The predicted molar refractivity (Wildman–Crippen MR) is 84.1 cm³/mol. The number of unbranched alkanes of at least 4 members (excludes halogenated alkanes) is 1. The molecule has 5 nitrogen and oxygen atoms in total. The predicted octanol–water partition coefficient (Wildman–Crippen LogP) is 2.13. The third kappa shape index (κ3) is 12.1. The molecule has 0 aliphatic heterocycles. The highest BCUT2D eigenvalue weighted by Gasteiger charge is 2.15. The zero-order valence-corrected chi connectivity index (χ0v) is 13.0. The third-order valence-corrected chi connectivity index (χ3v) is 2.64.